The molecule has 166 valence electrons. The van der Waals surface area contributed by atoms with Gasteiger partial charge in [0.25, 0.3) is 11.8 Å². The summed E-state index contributed by atoms with van der Waals surface area (Å²) < 4.78 is 11.4. The van der Waals surface area contributed by atoms with Crippen molar-refractivity contribution in [1.29, 1.82) is 0 Å². The topological polar surface area (TPSA) is 76.7 Å². The molecule has 0 heterocycles. The average Bonchev–Trinajstić information content (AvgIpc) is 2.81. The van der Waals surface area contributed by atoms with E-state index >= 15 is 0 Å². The molecule has 0 aliphatic rings. The van der Waals surface area contributed by atoms with Gasteiger partial charge in [-0.1, -0.05) is 58.4 Å². The minimum Gasteiger partial charge on any atom is -0.490 e. The molecule has 0 unspecified atom stereocenters. The third-order valence-electron chi connectivity index (χ3n) is 4.69. The predicted octanol–water partition coefficient (Wildman–Crippen LogP) is 4.70. The number of hydrogen-bond donors (Lipinski definition) is 2. The zero-order chi connectivity index (χ0) is 22.8. The SMILES string of the molecule is COCCOc1ccc(Br)cc1C(=O)Nc1ccccc1C(=O)NCCc1ccccc1. The van der Waals surface area contributed by atoms with E-state index in [4.69, 9.17) is 9.47 Å². The first-order valence-corrected chi connectivity index (χ1v) is 11.0. The van der Waals surface area contributed by atoms with Gasteiger partial charge in [0.05, 0.1) is 23.4 Å². The van der Waals surface area contributed by atoms with E-state index in [9.17, 15) is 9.59 Å². The van der Waals surface area contributed by atoms with Gasteiger partial charge >= 0.3 is 0 Å². The van der Waals surface area contributed by atoms with Crippen LogP contribution in [-0.2, 0) is 11.2 Å². The molecule has 2 amide bonds. The molecule has 0 spiro atoms. The number of nitrogens with one attached hydrogen (secondary N) is 2. The van der Waals surface area contributed by atoms with Gasteiger partial charge in [-0.15, -0.1) is 0 Å². The van der Waals surface area contributed by atoms with Crippen LogP contribution in [-0.4, -0.2) is 38.7 Å². The zero-order valence-electron chi connectivity index (χ0n) is 17.8. The Morgan fingerprint density at radius 3 is 2.41 bits per heavy atom. The Kier molecular flexibility index (Phi) is 8.83. The van der Waals surface area contributed by atoms with Crippen LogP contribution in [0.2, 0.25) is 0 Å². The molecule has 0 aromatic heterocycles. The number of hydrogen-bond acceptors (Lipinski definition) is 4. The first-order chi connectivity index (χ1) is 15.6. The third kappa shape index (κ3) is 6.67. The summed E-state index contributed by atoms with van der Waals surface area (Å²) in [7, 11) is 1.58. The van der Waals surface area contributed by atoms with Gasteiger partial charge in [0, 0.05) is 18.1 Å². The molecule has 0 saturated heterocycles. The maximum absolute atomic E-state index is 13.0. The molecule has 0 atom stereocenters. The number of benzene rings is 3. The molecule has 7 heteroatoms. The van der Waals surface area contributed by atoms with Crippen LogP contribution in [0.3, 0.4) is 0 Å². The number of carbonyl (C=O) groups excluding carboxylic acids is 2. The zero-order valence-corrected chi connectivity index (χ0v) is 19.4. The number of amides is 2. The van der Waals surface area contributed by atoms with Crippen molar-refractivity contribution < 1.29 is 19.1 Å². The lowest BCUT2D eigenvalue weighted by Crippen LogP contribution is -2.27. The van der Waals surface area contributed by atoms with Crippen molar-refractivity contribution in [3.63, 3.8) is 0 Å². The van der Waals surface area contributed by atoms with Crippen molar-refractivity contribution in [2.24, 2.45) is 0 Å². The predicted molar refractivity (Wildman–Crippen MR) is 128 cm³/mol. The smallest absolute Gasteiger partial charge is 0.259 e. The maximum Gasteiger partial charge on any atom is 0.259 e. The summed E-state index contributed by atoms with van der Waals surface area (Å²) >= 11 is 3.39. The molecule has 2 N–H and O–H groups in total. The number of ether oxygens (including phenoxy) is 2. The maximum atomic E-state index is 13.0. The van der Waals surface area contributed by atoms with E-state index in [1.54, 1.807) is 49.6 Å². The molecular weight excluding hydrogens is 472 g/mol. The van der Waals surface area contributed by atoms with Gasteiger partial charge < -0.3 is 20.1 Å². The van der Waals surface area contributed by atoms with Crippen LogP contribution in [0.25, 0.3) is 0 Å². The van der Waals surface area contributed by atoms with Crippen LogP contribution >= 0.6 is 15.9 Å². The van der Waals surface area contributed by atoms with Gasteiger partial charge in [0.2, 0.25) is 0 Å². The Morgan fingerprint density at radius 1 is 0.875 bits per heavy atom. The molecular formula is C25H25BrN2O4. The van der Waals surface area contributed by atoms with Crippen LogP contribution in [0, 0.1) is 0 Å². The number of halogens is 1. The van der Waals surface area contributed by atoms with E-state index < -0.39 is 0 Å². The van der Waals surface area contributed by atoms with Gasteiger partial charge in [0.15, 0.2) is 0 Å². The van der Waals surface area contributed by atoms with Crippen molar-refractivity contribution >= 4 is 33.4 Å². The molecule has 0 aliphatic carbocycles. The van der Waals surface area contributed by atoms with Gasteiger partial charge in [-0.2, -0.15) is 0 Å². The van der Waals surface area contributed by atoms with Crippen LogP contribution in [0.15, 0.2) is 77.3 Å². The minimum absolute atomic E-state index is 0.248. The summed E-state index contributed by atoms with van der Waals surface area (Å²) in [5.41, 5.74) is 2.32. The van der Waals surface area contributed by atoms with E-state index in [2.05, 4.69) is 26.6 Å². The quantitative estimate of drug-likeness (QED) is 0.399. The Hall–Kier alpha value is -3.16. The largest absolute Gasteiger partial charge is 0.490 e. The van der Waals surface area contributed by atoms with Crippen molar-refractivity contribution in [2.75, 3.05) is 32.2 Å². The summed E-state index contributed by atoms with van der Waals surface area (Å²) in [5, 5.41) is 5.76. The van der Waals surface area contributed by atoms with Crippen molar-refractivity contribution in [1.82, 2.24) is 5.32 Å². The second-order valence-corrected chi connectivity index (χ2v) is 7.89. The Labute approximate surface area is 196 Å². The molecule has 0 aliphatic heterocycles. The highest BCUT2D eigenvalue weighted by Crippen LogP contribution is 2.25. The van der Waals surface area contributed by atoms with Crippen LogP contribution in [0.4, 0.5) is 5.69 Å². The summed E-state index contributed by atoms with van der Waals surface area (Å²) in [5.74, 6) is -0.182. The van der Waals surface area contributed by atoms with Gasteiger partial charge in [0.1, 0.15) is 12.4 Å². The van der Waals surface area contributed by atoms with Crippen LogP contribution in [0.5, 0.6) is 5.75 Å². The number of carbonyl (C=O) groups is 2. The first-order valence-electron chi connectivity index (χ1n) is 10.2. The lowest BCUT2D eigenvalue weighted by Gasteiger charge is -2.14. The monoisotopic (exact) mass is 496 g/mol. The summed E-state index contributed by atoms with van der Waals surface area (Å²) in [6.07, 6.45) is 0.724. The number of anilines is 1. The minimum atomic E-state index is -0.372. The highest BCUT2D eigenvalue weighted by Gasteiger charge is 2.17. The molecule has 0 saturated carbocycles. The van der Waals surface area contributed by atoms with Crippen molar-refractivity contribution in [3.8, 4) is 5.75 Å². The highest BCUT2D eigenvalue weighted by atomic mass is 79.9. The van der Waals surface area contributed by atoms with Gasteiger partial charge in [-0.25, -0.2) is 0 Å². The van der Waals surface area contributed by atoms with E-state index in [1.165, 1.54) is 0 Å². The summed E-state index contributed by atoms with van der Waals surface area (Å²) in [6.45, 7) is 1.22. The van der Waals surface area contributed by atoms with E-state index in [0.29, 0.717) is 42.3 Å². The van der Waals surface area contributed by atoms with E-state index in [0.717, 1.165) is 16.5 Å². The number of rotatable bonds is 10. The Balaban J connectivity index is 1.70. The van der Waals surface area contributed by atoms with Gasteiger partial charge in [-0.3, -0.25) is 9.59 Å². The molecule has 3 aromatic carbocycles. The fraction of sp³-hybridized carbons (Fsp3) is 0.200. The fourth-order valence-corrected chi connectivity index (χ4v) is 3.44. The van der Waals surface area contributed by atoms with E-state index in [1.807, 2.05) is 30.3 Å². The summed E-state index contributed by atoms with van der Waals surface area (Å²) in [4.78, 5) is 25.8. The average molecular weight is 497 g/mol. The van der Waals surface area contributed by atoms with Crippen LogP contribution in [0.1, 0.15) is 26.3 Å². The Bertz CT molecular complexity index is 1060. The lowest BCUT2D eigenvalue weighted by atomic mass is 10.1. The number of methoxy groups -OCH3 is 1. The summed E-state index contributed by atoms with van der Waals surface area (Å²) in [6, 6.07) is 22.1. The number of para-hydroxylation sites is 1. The van der Waals surface area contributed by atoms with Crippen molar-refractivity contribution in [3.05, 3.63) is 94.0 Å². The van der Waals surface area contributed by atoms with Crippen molar-refractivity contribution in [2.45, 2.75) is 6.42 Å². The molecule has 0 radical (unpaired) electrons. The highest BCUT2D eigenvalue weighted by molar-refractivity contribution is 9.10. The normalized spacial score (nSPS) is 10.4. The van der Waals surface area contributed by atoms with Gasteiger partial charge in [-0.05, 0) is 42.3 Å². The second kappa shape index (κ2) is 12.0. The molecule has 0 bridgehead atoms. The second-order valence-electron chi connectivity index (χ2n) is 6.97. The standard InChI is InChI=1S/C25H25BrN2O4/c1-31-15-16-32-23-12-11-19(26)17-21(23)25(30)28-22-10-6-5-9-20(22)24(29)27-14-13-18-7-3-2-4-8-18/h2-12,17H,13-16H2,1H3,(H,27,29)(H,28,30). The van der Waals surface area contributed by atoms with Crippen LogP contribution < -0.4 is 15.4 Å². The lowest BCUT2D eigenvalue weighted by molar-refractivity contribution is 0.0955. The molecule has 0 fully saturated rings. The third-order valence-corrected chi connectivity index (χ3v) is 5.19. The Morgan fingerprint density at radius 2 is 1.62 bits per heavy atom. The van der Waals surface area contributed by atoms with E-state index in [-0.39, 0.29) is 11.8 Å². The molecule has 3 rings (SSSR count). The fourth-order valence-electron chi connectivity index (χ4n) is 3.08. The molecule has 32 heavy (non-hydrogen) atoms. The molecule has 6 nitrogen and oxygen atoms in total. The first kappa shape index (κ1) is 23.5. The molecule has 3 aromatic rings.